The summed E-state index contributed by atoms with van der Waals surface area (Å²) >= 11 is 6.23. The molecule has 2 atom stereocenters. The van der Waals surface area contributed by atoms with Gasteiger partial charge >= 0.3 is 0 Å². The molecule has 0 saturated heterocycles. The molecule has 1 aliphatic carbocycles. The highest BCUT2D eigenvalue weighted by Gasteiger charge is 2.52. The van der Waals surface area contributed by atoms with Crippen LogP contribution in [0.5, 0.6) is 0 Å². The molecule has 2 aromatic rings. The van der Waals surface area contributed by atoms with Gasteiger partial charge in [-0.05, 0) is 30.2 Å². The zero-order valence-corrected chi connectivity index (χ0v) is 18.9. The van der Waals surface area contributed by atoms with E-state index < -0.39 is 24.0 Å². The first-order valence-electron chi connectivity index (χ1n) is 10.5. The maximum Gasteiger partial charge on any atom is 0.270 e. The highest BCUT2D eigenvalue weighted by atomic mass is 35.5. The number of aryl methyl sites for hydroxylation is 2. The summed E-state index contributed by atoms with van der Waals surface area (Å²) in [6.45, 7) is 6.28. The van der Waals surface area contributed by atoms with Crippen LogP contribution in [0.1, 0.15) is 49.9 Å². The van der Waals surface area contributed by atoms with Crippen molar-refractivity contribution in [2.24, 2.45) is 13.0 Å². The summed E-state index contributed by atoms with van der Waals surface area (Å²) in [4.78, 5) is 14.7. The van der Waals surface area contributed by atoms with Crippen LogP contribution in [-0.4, -0.2) is 39.2 Å². The minimum Gasteiger partial charge on any atom is -0.392 e. The van der Waals surface area contributed by atoms with Crippen molar-refractivity contribution in [2.45, 2.75) is 57.2 Å². The molecule has 0 spiro atoms. The van der Waals surface area contributed by atoms with Crippen LogP contribution >= 0.6 is 11.6 Å². The molecule has 0 amide bonds. The van der Waals surface area contributed by atoms with Crippen LogP contribution in [-0.2, 0) is 18.9 Å². The van der Waals surface area contributed by atoms with E-state index in [9.17, 15) is 15.0 Å². The maximum atomic E-state index is 12.7. The number of hydrogen-bond acceptors (Lipinski definition) is 4. The number of benzene rings is 1. The lowest BCUT2D eigenvalue weighted by molar-refractivity contribution is -0.0953. The third-order valence-corrected chi connectivity index (χ3v) is 7.10. The predicted molar refractivity (Wildman–Crippen MR) is 119 cm³/mol. The average Bonchev–Trinajstić information content (AvgIpc) is 3.05. The van der Waals surface area contributed by atoms with Gasteiger partial charge in [-0.25, -0.2) is 0 Å². The number of allylic oxidation sites excluding steroid dienone is 1. The van der Waals surface area contributed by atoms with Gasteiger partial charge in [-0.15, -0.1) is 0 Å². The lowest BCUT2D eigenvalue weighted by Gasteiger charge is -2.45. The standard InChI is InChI=1S/C23H30ClN3O3/c1-6-7-15-18(22(30)27(5)25-15)19-20(28)13(21(19)29)11-17-23(2,3)14-10-12(24)8-9-16(14)26(17)4/h8-11,13,19-21,25,28-29H,6-7H2,1-5H3. The molecule has 4 rings (SSSR count). The topological polar surface area (TPSA) is 81.5 Å². The van der Waals surface area contributed by atoms with E-state index in [1.54, 1.807) is 7.05 Å². The predicted octanol–water partition coefficient (Wildman–Crippen LogP) is 3.07. The quantitative estimate of drug-likeness (QED) is 0.694. The molecular weight excluding hydrogens is 402 g/mol. The Morgan fingerprint density at radius 1 is 1.23 bits per heavy atom. The highest BCUT2D eigenvalue weighted by Crippen LogP contribution is 2.50. The maximum absolute atomic E-state index is 12.7. The van der Waals surface area contributed by atoms with Crippen LogP contribution in [0.15, 0.2) is 34.8 Å². The molecular formula is C23H30ClN3O3. The number of H-pyrrole nitrogens is 1. The van der Waals surface area contributed by atoms with Gasteiger partial charge in [0.05, 0.1) is 12.2 Å². The molecule has 1 aromatic heterocycles. The van der Waals surface area contributed by atoms with Gasteiger partial charge in [0.25, 0.3) is 5.56 Å². The summed E-state index contributed by atoms with van der Waals surface area (Å²) < 4.78 is 1.43. The van der Waals surface area contributed by atoms with Crippen LogP contribution in [0.3, 0.4) is 0 Å². The van der Waals surface area contributed by atoms with Gasteiger partial charge in [0.15, 0.2) is 0 Å². The number of nitrogens with zero attached hydrogens (tertiary/aromatic N) is 2. The molecule has 1 aliphatic heterocycles. The largest absolute Gasteiger partial charge is 0.392 e. The van der Waals surface area contributed by atoms with Gasteiger partial charge in [0.2, 0.25) is 0 Å². The van der Waals surface area contributed by atoms with Crippen LogP contribution in [0, 0.1) is 5.92 Å². The van der Waals surface area contributed by atoms with Gasteiger partial charge in [-0.1, -0.05) is 44.9 Å². The summed E-state index contributed by atoms with van der Waals surface area (Å²) in [5.41, 5.74) is 4.04. The minimum atomic E-state index is -0.817. The molecule has 1 aromatic carbocycles. The second kappa shape index (κ2) is 7.29. The van der Waals surface area contributed by atoms with Crippen molar-refractivity contribution >= 4 is 17.3 Å². The minimum absolute atomic E-state index is 0.173. The van der Waals surface area contributed by atoms with Crippen molar-refractivity contribution in [1.82, 2.24) is 9.78 Å². The van der Waals surface area contributed by atoms with E-state index in [1.807, 2.05) is 38.2 Å². The van der Waals surface area contributed by atoms with E-state index in [-0.39, 0.29) is 11.0 Å². The Morgan fingerprint density at radius 3 is 2.53 bits per heavy atom. The number of aliphatic hydroxyl groups excluding tert-OH is 2. The number of fused-ring (bicyclic) bond motifs is 1. The molecule has 1 fully saturated rings. The van der Waals surface area contributed by atoms with Crippen molar-refractivity contribution < 1.29 is 10.2 Å². The number of likely N-dealkylation sites (N-methyl/N-ethyl adjacent to an activating group) is 1. The fourth-order valence-corrected chi connectivity index (χ4v) is 5.35. The van der Waals surface area contributed by atoms with Gasteiger partial charge in [-0.3, -0.25) is 14.6 Å². The second-order valence-corrected chi connectivity index (χ2v) is 9.54. The summed E-state index contributed by atoms with van der Waals surface area (Å²) in [6.07, 6.45) is 1.92. The van der Waals surface area contributed by atoms with Crippen molar-refractivity contribution in [3.8, 4) is 0 Å². The van der Waals surface area contributed by atoms with Crippen LogP contribution in [0.4, 0.5) is 5.69 Å². The first-order valence-corrected chi connectivity index (χ1v) is 10.9. The Labute approximate surface area is 181 Å². The van der Waals surface area contributed by atoms with E-state index in [0.717, 1.165) is 29.1 Å². The molecule has 2 aliphatic rings. The molecule has 30 heavy (non-hydrogen) atoms. The van der Waals surface area contributed by atoms with E-state index >= 15 is 0 Å². The van der Waals surface area contributed by atoms with E-state index in [2.05, 4.69) is 23.8 Å². The van der Waals surface area contributed by atoms with E-state index in [4.69, 9.17) is 11.6 Å². The summed E-state index contributed by atoms with van der Waals surface area (Å²) in [6, 6.07) is 5.85. The molecule has 6 nitrogen and oxygen atoms in total. The Balaban J connectivity index is 1.67. The second-order valence-electron chi connectivity index (χ2n) is 9.10. The number of anilines is 1. The molecule has 162 valence electrons. The fourth-order valence-electron chi connectivity index (χ4n) is 5.17. The summed E-state index contributed by atoms with van der Waals surface area (Å²) in [5, 5.41) is 25.7. The Kier molecular flexibility index (Phi) is 5.16. The zero-order chi connectivity index (χ0) is 22.0. The number of aromatic nitrogens is 2. The third-order valence-electron chi connectivity index (χ3n) is 6.87. The van der Waals surface area contributed by atoms with Crippen molar-refractivity contribution in [3.05, 3.63) is 62.2 Å². The lowest BCUT2D eigenvalue weighted by Crippen LogP contribution is -2.54. The van der Waals surface area contributed by atoms with Crippen molar-refractivity contribution in [2.75, 3.05) is 11.9 Å². The number of aromatic amines is 1. The lowest BCUT2D eigenvalue weighted by atomic mass is 9.64. The highest BCUT2D eigenvalue weighted by molar-refractivity contribution is 6.30. The summed E-state index contributed by atoms with van der Waals surface area (Å²) in [7, 11) is 3.66. The molecule has 3 N–H and O–H groups in total. The number of hydrogen-bond donors (Lipinski definition) is 3. The Bertz CT molecular complexity index is 1060. The van der Waals surface area contributed by atoms with Crippen LogP contribution < -0.4 is 10.5 Å². The van der Waals surface area contributed by atoms with Gasteiger partial charge in [-0.2, -0.15) is 0 Å². The molecule has 0 radical (unpaired) electrons. The van der Waals surface area contributed by atoms with Crippen LogP contribution in [0.25, 0.3) is 0 Å². The monoisotopic (exact) mass is 431 g/mol. The zero-order valence-electron chi connectivity index (χ0n) is 18.1. The van der Waals surface area contributed by atoms with E-state index in [0.29, 0.717) is 17.0 Å². The number of nitrogens with one attached hydrogen (secondary N) is 1. The first kappa shape index (κ1) is 21.2. The molecule has 0 bridgehead atoms. The SMILES string of the molecule is CCCc1[nH]n(C)c(=O)c1C1C(O)C(C=C2N(C)c3ccc(Cl)cc3C2(C)C)C1O. The average molecular weight is 432 g/mol. The fraction of sp³-hybridized carbons (Fsp3) is 0.522. The molecule has 2 unspecified atom stereocenters. The Hall–Kier alpha value is -2.02. The molecule has 1 saturated carbocycles. The number of rotatable bonds is 4. The Morgan fingerprint density at radius 2 is 1.90 bits per heavy atom. The smallest absolute Gasteiger partial charge is 0.270 e. The number of aliphatic hydroxyl groups is 2. The van der Waals surface area contributed by atoms with Gasteiger partial charge < -0.3 is 15.1 Å². The number of halogens is 1. The van der Waals surface area contributed by atoms with Crippen LogP contribution in [0.2, 0.25) is 5.02 Å². The van der Waals surface area contributed by atoms with Crippen molar-refractivity contribution in [1.29, 1.82) is 0 Å². The first-order chi connectivity index (χ1) is 14.1. The van der Waals surface area contributed by atoms with Gasteiger partial charge in [0, 0.05) is 59.0 Å². The van der Waals surface area contributed by atoms with Gasteiger partial charge in [0.1, 0.15) is 0 Å². The third kappa shape index (κ3) is 2.96. The summed E-state index contributed by atoms with van der Waals surface area (Å²) in [5.74, 6) is -1.02. The molecule has 2 heterocycles. The van der Waals surface area contributed by atoms with Crippen molar-refractivity contribution in [3.63, 3.8) is 0 Å². The molecule has 7 heteroatoms. The van der Waals surface area contributed by atoms with E-state index in [1.165, 1.54) is 4.68 Å². The normalized spacial score (nSPS) is 28.7.